The van der Waals surface area contributed by atoms with Gasteiger partial charge in [0.1, 0.15) is 5.78 Å². The average Bonchev–Trinajstić information content (AvgIpc) is 2.38. The van der Waals surface area contributed by atoms with Crippen LogP contribution in [0.25, 0.3) is 0 Å². The van der Waals surface area contributed by atoms with Crippen LogP contribution in [0.4, 0.5) is 4.79 Å². The van der Waals surface area contributed by atoms with E-state index >= 15 is 0 Å². The van der Waals surface area contributed by atoms with Gasteiger partial charge in [-0.05, 0) is 25.0 Å². The standard InChI is InChI=1S/C11H15NO3/c1-6-7(2)10-5-8(13)4-9(6)12(10)11(14)15-3/h9-10H,4-5H2,1-3H3. The Morgan fingerprint density at radius 2 is 1.73 bits per heavy atom. The normalized spacial score (nSPS) is 29.8. The van der Waals surface area contributed by atoms with E-state index in [9.17, 15) is 9.59 Å². The van der Waals surface area contributed by atoms with Gasteiger partial charge in [-0.2, -0.15) is 0 Å². The number of amides is 1. The van der Waals surface area contributed by atoms with E-state index in [1.807, 2.05) is 13.8 Å². The van der Waals surface area contributed by atoms with Gasteiger partial charge in [-0.1, -0.05) is 0 Å². The summed E-state index contributed by atoms with van der Waals surface area (Å²) in [5, 5.41) is 0. The lowest BCUT2D eigenvalue weighted by Gasteiger charge is -2.34. The third-order valence-electron chi connectivity index (χ3n) is 3.52. The van der Waals surface area contributed by atoms with Gasteiger partial charge in [0.2, 0.25) is 0 Å². The van der Waals surface area contributed by atoms with Crippen molar-refractivity contribution in [1.29, 1.82) is 0 Å². The number of methoxy groups -OCH3 is 1. The summed E-state index contributed by atoms with van der Waals surface area (Å²) in [6.45, 7) is 3.99. The van der Waals surface area contributed by atoms with Crippen LogP contribution in [0.1, 0.15) is 26.7 Å². The van der Waals surface area contributed by atoms with E-state index in [4.69, 9.17) is 4.74 Å². The zero-order valence-electron chi connectivity index (χ0n) is 9.24. The molecule has 15 heavy (non-hydrogen) atoms. The summed E-state index contributed by atoms with van der Waals surface area (Å²) in [6, 6.07) is -0.132. The number of Topliss-reactive ketones (excluding diaryl/α,β-unsaturated/α-hetero) is 1. The van der Waals surface area contributed by atoms with Crippen LogP contribution in [0, 0.1) is 0 Å². The van der Waals surface area contributed by atoms with E-state index in [1.54, 1.807) is 4.90 Å². The number of ether oxygens (including phenoxy) is 1. The molecule has 2 aliphatic heterocycles. The maximum absolute atomic E-state index is 11.6. The van der Waals surface area contributed by atoms with Gasteiger partial charge < -0.3 is 4.74 Å². The summed E-state index contributed by atoms with van der Waals surface area (Å²) in [5.74, 6) is 0.237. The first-order chi connectivity index (χ1) is 7.06. The van der Waals surface area contributed by atoms with E-state index in [-0.39, 0.29) is 24.0 Å². The van der Waals surface area contributed by atoms with Crippen LogP contribution >= 0.6 is 0 Å². The Labute approximate surface area is 88.9 Å². The molecule has 2 unspecified atom stereocenters. The van der Waals surface area contributed by atoms with E-state index in [0.29, 0.717) is 12.8 Å². The molecule has 2 rings (SSSR count). The van der Waals surface area contributed by atoms with Gasteiger partial charge in [-0.3, -0.25) is 9.69 Å². The summed E-state index contributed by atoms with van der Waals surface area (Å²) in [7, 11) is 1.38. The Bertz CT molecular complexity index is 335. The number of hydrogen-bond acceptors (Lipinski definition) is 3. The summed E-state index contributed by atoms with van der Waals surface area (Å²) in [5.41, 5.74) is 2.30. The van der Waals surface area contributed by atoms with Gasteiger partial charge >= 0.3 is 6.09 Å². The Kier molecular flexibility index (Phi) is 2.29. The van der Waals surface area contributed by atoms with Crippen molar-refractivity contribution in [3.63, 3.8) is 0 Å². The fourth-order valence-corrected chi connectivity index (χ4v) is 2.54. The second kappa shape index (κ2) is 3.36. The Balaban J connectivity index is 2.33. The van der Waals surface area contributed by atoms with Crippen molar-refractivity contribution >= 4 is 11.9 Å². The van der Waals surface area contributed by atoms with Gasteiger partial charge in [0.05, 0.1) is 19.2 Å². The smallest absolute Gasteiger partial charge is 0.410 e. The van der Waals surface area contributed by atoms with Crippen molar-refractivity contribution in [1.82, 2.24) is 4.90 Å². The van der Waals surface area contributed by atoms with Crippen LogP contribution in [0.3, 0.4) is 0 Å². The molecule has 2 bridgehead atoms. The Morgan fingerprint density at radius 3 is 2.13 bits per heavy atom. The second-order valence-corrected chi connectivity index (χ2v) is 4.22. The van der Waals surface area contributed by atoms with Crippen molar-refractivity contribution < 1.29 is 14.3 Å². The Hall–Kier alpha value is -1.32. The summed E-state index contributed by atoms with van der Waals surface area (Å²) < 4.78 is 4.75. The number of ketones is 1. The van der Waals surface area contributed by atoms with Crippen LogP contribution in [-0.2, 0) is 9.53 Å². The van der Waals surface area contributed by atoms with Crippen LogP contribution < -0.4 is 0 Å². The molecule has 0 aliphatic carbocycles. The van der Waals surface area contributed by atoms with E-state index < -0.39 is 0 Å². The van der Waals surface area contributed by atoms with Crippen LogP contribution in [-0.4, -0.2) is 36.0 Å². The van der Waals surface area contributed by atoms with E-state index in [2.05, 4.69) is 0 Å². The molecule has 2 atom stereocenters. The highest BCUT2D eigenvalue weighted by molar-refractivity contribution is 5.86. The molecular formula is C11H15NO3. The van der Waals surface area contributed by atoms with E-state index in [1.165, 1.54) is 7.11 Å². The van der Waals surface area contributed by atoms with Gasteiger partial charge in [-0.25, -0.2) is 4.79 Å². The monoisotopic (exact) mass is 209 g/mol. The molecule has 0 radical (unpaired) electrons. The summed E-state index contributed by atoms with van der Waals surface area (Å²) in [4.78, 5) is 24.8. The Morgan fingerprint density at radius 1 is 1.27 bits per heavy atom. The number of hydrogen-bond donors (Lipinski definition) is 0. The highest BCUT2D eigenvalue weighted by Crippen LogP contribution is 2.38. The van der Waals surface area contributed by atoms with Gasteiger partial charge in [0, 0.05) is 12.8 Å². The molecule has 1 amide bonds. The first-order valence-electron chi connectivity index (χ1n) is 5.11. The highest BCUT2D eigenvalue weighted by atomic mass is 16.5. The quantitative estimate of drug-likeness (QED) is 0.568. The number of nitrogens with zero attached hydrogens (tertiary/aromatic N) is 1. The minimum absolute atomic E-state index is 0.0660. The third kappa shape index (κ3) is 1.35. The van der Waals surface area contributed by atoms with E-state index in [0.717, 1.165) is 11.1 Å². The molecule has 0 aromatic carbocycles. The predicted octanol–water partition coefficient (Wildman–Crippen LogP) is 1.50. The first-order valence-corrected chi connectivity index (χ1v) is 5.11. The molecule has 2 heterocycles. The average molecular weight is 209 g/mol. The van der Waals surface area contributed by atoms with Crippen molar-refractivity contribution in [2.24, 2.45) is 0 Å². The molecule has 0 spiro atoms. The van der Waals surface area contributed by atoms with Crippen LogP contribution in [0.2, 0.25) is 0 Å². The molecule has 0 N–H and O–H groups in total. The summed E-state index contributed by atoms with van der Waals surface area (Å²) >= 11 is 0. The zero-order chi connectivity index (χ0) is 11.2. The maximum atomic E-state index is 11.6. The van der Waals surface area contributed by atoms with Crippen molar-refractivity contribution in [3.05, 3.63) is 11.1 Å². The number of piperidine rings is 1. The number of carbonyl (C=O) groups is 2. The highest BCUT2D eigenvalue weighted by Gasteiger charge is 2.45. The van der Waals surface area contributed by atoms with Gasteiger partial charge in [-0.15, -0.1) is 0 Å². The lowest BCUT2D eigenvalue weighted by atomic mass is 9.99. The van der Waals surface area contributed by atoms with Crippen molar-refractivity contribution in [3.8, 4) is 0 Å². The number of carbonyl (C=O) groups excluding carboxylic acids is 2. The molecule has 0 aromatic rings. The fourth-order valence-electron chi connectivity index (χ4n) is 2.54. The zero-order valence-corrected chi connectivity index (χ0v) is 9.24. The molecule has 1 fully saturated rings. The molecule has 4 nitrogen and oxygen atoms in total. The molecule has 1 saturated heterocycles. The first kappa shape index (κ1) is 10.2. The number of rotatable bonds is 0. The minimum atomic E-state index is -0.325. The van der Waals surface area contributed by atoms with Crippen LogP contribution in [0.15, 0.2) is 11.1 Å². The lowest BCUT2D eigenvalue weighted by Crippen LogP contribution is -2.48. The lowest BCUT2D eigenvalue weighted by molar-refractivity contribution is -0.122. The fraction of sp³-hybridized carbons (Fsp3) is 0.636. The molecule has 82 valence electrons. The van der Waals surface area contributed by atoms with Gasteiger partial charge in [0.15, 0.2) is 0 Å². The van der Waals surface area contributed by atoms with Crippen LogP contribution in [0.5, 0.6) is 0 Å². The SMILES string of the molecule is COC(=O)N1C2CC(=O)CC1C(C)=C2C. The molecule has 0 aromatic heterocycles. The second-order valence-electron chi connectivity index (χ2n) is 4.22. The largest absolute Gasteiger partial charge is 0.453 e. The predicted molar refractivity (Wildman–Crippen MR) is 54.4 cm³/mol. The molecule has 4 heteroatoms. The maximum Gasteiger partial charge on any atom is 0.410 e. The van der Waals surface area contributed by atoms with Gasteiger partial charge in [0.25, 0.3) is 0 Å². The molecule has 2 aliphatic rings. The van der Waals surface area contributed by atoms with Crippen molar-refractivity contribution in [2.75, 3.05) is 7.11 Å². The minimum Gasteiger partial charge on any atom is -0.453 e. The number of fused-ring (bicyclic) bond motifs is 2. The third-order valence-corrected chi connectivity index (χ3v) is 3.52. The molecular weight excluding hydrogens is 194 g/mol. The van der Waals surface area contributed by atoms with Crippen molar-refractivity contribution in [2.45, 2.75) is 38.8 Å². The molecule has 0 saturated carbocycles. The summed E-state index contributed by atoms with van der Waals surface area (Å²) in [6.07, 6.45) is 0.553. The topological polar surface area (TPSA) is 46.6 Å².